The van der Waals surface area contributed by atoms with E-state index in [1.165, 1.54) is 31.1 Å². The molecule has 0 saturated carbocycles. The first-order valence-corrected chi connectivity index (χ1v) is 4.58. The van der Waals surface area contributed by atoms with Gasteiger partial charge in [-0.3, -0.25) is 9.48 Å². The van der Waals surface area contributed by atoms with Crippen molar-refractivity contribution < 1.29 is 19.1 Å². The van der Waals surface area contributed by atoms with E-state index >= 15 is 0 Å². The summed E-state index contributed by atoms with van der Waals surface area (Å²) in [6.07, 6.45) is 1.98. The highest BCUT2D eigenvalue weighted by Gasteiger charge is 2.18. The molecule has 7 heteroatoms. The summed E-state index contributed by atoms with van der Waals surface area (Å²) in [5, 5.41) is 3.80. The Hall–Kier alpha value is -2.05. The second-order valence-corrected chi connectivity index (χ2v) is 3.13. The second kappa shape index (κ2) is 5.15. The van der Waals surface area contributed by atoms with Crippen LogP contribution in [-0.4, -0.2) is 34.9 Å². The molecule has 0 amide bonds. The molecule has 1 aromatic rings. The van der Waals surface area contributed by atoms with Crippen LogP contribution in [0.4, 0.5) is 5.69 Å². The van der Waals surface area contributed by atoms with Gasteiger partial charge < -0.3 is 15.2 Å². The largest absolute Gasteiger partial charge is 0.466 e. The van der Waals surface area contributed by atoms with Crippen molar-refractivity contribution >= 4 is 17.6 Å². The molecule has 0 aliphatic carbocycles. The number of esters is 2. The van der Waals surface area contributed by atoms with Crippen molar-refractivity contribution in [3.05, 3.63) is 12.4 Å². The molecule has 0 spiro atoms. The number of aromatic nitrogens is 2. The number of carbonyl (C=O) groups excluding carboxylic acids is 2. The molecule has 2 N–H and O–H groups in total. The van der Waals surface area contributed by atoms with Crippen LogP contribution in [0.1, 0.15) is 6.92 Å². The predicted molar refractivity (Wildman–Crippen MR) is 54.2 cm³/mol. The van der Waals surface area contributed by atoms with Crippen LogP contribution in [0.25, 0.3) is 0 Å². The lowest BCUT2D eigenvalue weighted by Crippen LogP contribution is -2.27. The summed E-state index contributed by atoms with van der Waals surface area (Å²) in [7, 11) is 1.22. The summed E-state index contributed by atoms with van der Waals surface area (Å²) in [6.45, 7) is 1.33. The number of ether oxygens (including phenoxy) is 2. The fourth-order valence-electron chi connectivity index (χ4n) is 1.05. The van der Waals surface area contributed by atoms with Gasteiger partial charge in [0.05, 0.1) is 19.0 Å². The monoisotopic (exact) mass is 227 g/mol. The van der Waals surface area contributed by atoms with Gasteiger partial charge in [0.2, 0.25) is 0 Å². The molecule has 1 aromatic heterocycles. The Morgan fingerprint density at radius 3 is 2.81 bits per heavy atom. The number of hydrogen-bond donors (Lipinski definition) is 1. The SMILES string of the molecule is COC(=O)C(C)OC(=O)Cn1cc(N)cn1. The van der Waals surface area contributed by atoms with E-state index in [1.54, 1.807) is 0 Å². The molecule has 0 bridgehead atoms. The molecule has 0 aliphatic heterocycles. The van der Waals surface area contributed by atoms with Crippen molar-refractivity contribution in [3.63, 3.8) is 0 Å². The maximum Gasteiger partial charge on any atom is 0.346 e. The first kappa shape index (κ1) is 12.0. The summed E-state index contributed by atoms with van der Waals surface area (Å²) in [6, 6.07) is 0. The number of rotatable bonds is 4. The minimum atomic E-state index is -0.926. The van der Waals surface area contributed by atoms with Crippen LogP contribution in [-0.2, 0) is 25.6 Å². The van der Waals surface area contributed by atoms with E-state index in [9.17, 15) is 9.59 Å². The van der Waals surface area contributed by atoms with E-state index < -0.39 is 18.0 Å². The topological polar surface area (TPSA) is 96.4 Å². The minimum Gasteiger partial charge on any atom is -0.466 e. The van der Waals surface area contributed by atoms with Crippen molar-refractivity contribution in [1.82, 2.24) is 9.78 Å². The number of nitrogen functional groups attached to an aromatic ring is 1. The van der Waals surface area contributed by atoms with Gasteiger partial charge in [0, 0.05) is 6.20 Å². The van der Waals surface area contributed by atoms with Gasteiger partial charge in [-0.25, -0.2) is 4.79 Å². The summed E-state index contributed by atoms with van der Waals surface area (Å²) >= 11 is 0. The minimum absolute atomic E-state index is 0.0987. The van der Waals surface area contributed by atoms with Crippen LogP contribution in [0.15, 0.2) is 12.4 Å². The number of nitrogens with two attached hydrogens (primary N) is 1. The molecular weight excluding hydrogens is 214 g/mol. The molecule has 1 rings (SSSR count). The molecule has 7 nitrogen and oxygen atoms in total. The van der Waals surface area contributed by atoms with Crippen molar-refractivity contribution in [2.45, 2.75) is 19.6 Å². The Morgan fingerprint density at radius 2 is 2.31 bits per heavy atom. The standard InChI is InChI=1S/C9H13N3O4/c1-6(9(14)15-2)16-8(13)5-12-4-7(10)3-11-12/h3-4,6H,5,10H2,1-2H3. The molecule has 88 valence electrons. The third-order valence-corrected chi connectivity index (χ3v) is 1.79. The average Bonchev–Trinajstić information content (AvgIpc) is 2.62. The molecule has 1 atom stereocenters. The third kappa shape index (κ3) is 3.26. The summed E-state index contributed by atoms with van der Waals surface area (Å²) in [5.74, 6) is -1.19. The zero-order valence-electron chi connectivity index (χ0n) is 9.04. The number of nitrogens with zero attached hydrogens (tertiary/aromatic N) is 2. The van der Waals surface area contributed by atoms with Crippen molar-refractivity contribution in [2.75, 3.05) is 12.8 Å². The highest BCUT2D eigenvalue weighted by Crippen LogP contribution is 2.00. The van der Waals surface area contributed by atoms with Crippen LogP contribution in [0.3, 0.4) is 0 Å². The quantitative estimate of drug-likeness (QED) is 0.701. The van der Waals surface area contributed by atoms with Crippen molar-refractivity contribution in [1.29, 1.82) is 0 Å². The Morgan fingerprint density at radius 1 is 1.62 bits per heavy atom. The van der Waals surface area contributed by atoms with Gasteiger partial charge in [0.25, 0.3) is 0 Å². The Labute approximate surface area is 92.1 Å². The lowest BCUT2D eigenvalue weighted by molar-refractivity contribution is -0.165. The molecule has 16 heavy (non-hydrogen) atoms. The Kier molecular flexibility index (Phi) is 3.87. The lowest BCUT2D eigenvalue weighted by Gasteiger charge is -2.10. The highest BCUT2D eigenvalue weighted by atomic mass is 16.6. The Bertz CT molecular complexity index is 388. The summed E-state index contributed by atoms with van der Waals surface area (Å²) < 4.78 is 10.5. The highest BCUT2D eigenvalue weighted by molar-refractivity contribution is 5.78. The number of anilines is 1. The van der Waals surface area contributed by atoms with Crippen LogP contribution >= 0.6 is 0 Å². The molecule has 1 unspecified atom stereocenters. The van der Waals surface area contributed by atoms with Gasteiger partial charge >= 0.3 is 11.9 Å². The number of hydrogen-bond acceptors (Lipinski definition) is 6. The average molecular weight is 227 g/mol. The van der Waals surface area contributed by atoms with Crippen LogP contribution in [0.2, 0.25) is 0 Å². The van der Waals surface area contributed by atoms with Gasteiger partial charge in [0.15, 0.2) is 6.10 Å². The van der Waals surface area contributed by atoms with Crippen LogP contribution in [0.5, 0.6) is 0 Å². The van der Waals surface area contributed by atoms with E-state index in [4.69, 9.17) is 10.5 Å². The maximum atomic E-state index is 11.3. The van der Waals surface area contributed by atoms with Crippen LogP contribution in [0, 0.1) is 0 Å². The summed E-state index contributed by atoms with van der Waals surface area (Å²) in [4.78, 5) is 22.3. The van der Waals surface area contributed by atoms with E-state index in [1.807, 2.05) is 0 Å². The normalized spacial score (nSPS) is 11.9. The maximum absolute atomic E-state index is 11.3. The van der Waals surface area contributed by atoms with Gasteiger partial charge in [-0.1, -0.05) is 0 Å². The molecule has 0 saturated heterocycles. The summed E-state index contributed by atoms with van der Waals surface area (Å²) in [5.41, 5.74) is 5.87. The fraction of sp³-hybridized carbons (Fsp3) is 0.444. The molecule has 1 heterocycles. The zero-order chi connectivity index (χ0) is 12.1. The lowest BCUT2D eigenvalue weighted by atomic mass is 10.4. The van der Waals surface area contributed by atoms with Gasteiger partial charge in [0.1, 0.15) is 6.54 Å². The van der Waals surface area contributed by atoms with E-state index in [0.29, 0.717) is 5.69 Å². The third-order valence-electron chi connectivity index (χ3n) is 1.79. The fourth-order valence-corrected chi connectivity index (χ4v) is 1.05. The molecule has 0 fully saturated rings. The molecular formula is C9H13N3O4. The molecule has 0 aliphatic rings. The molecule has 0 radical (unpaired) electrons. The zero-order valence-corrected chi connectivity index (χ0v) is 9.04. The Balaban J connectivity index is 2.45. The predicted octanol–water partition coefficient (Wildman–Crippen LogP) is -0.430. The van der Waals surface area contributed by atoms with Crippen molar-refractivity contribution in [2.24, 2.45) is 0 Å². The first-order chi connectivity index (χ1) is 7.52. The van der Waals surface area contributed by atoms with Gasteiger partial charge in [-0.2, -0.15) is 5.10 Å². The van der Waals surface area contributed by atoms with E-state index in [2.05, 4.69) is 9.84 Å². The second-order valence-electron chi connectivity index (χ2n) is 3.13. The van der Waals surface area contributed by atoms with E-state index in [-0.39, 0.29) is 6.54 Å². The smallest absolute Gasteiger partial charge is 0.346 e. The number of methoxy groups -OCH3 is 1. The van der Waals surface area contributed by atoms with E-state index in [0.717, 1.165) is 0 Å². The molecule has 0 aromatic carbocycles. The van der Waals surface area contributed by atoms with Gasteiger partial charge in [-0.05, 0) is 6.92 Å². The first-order valence-electron chi connectivity index (χ1n) is 4.58. The van der Waals surface area contributed by atoms with Crippen molar-refractivity contribution in [3.8, 4) is 0 Å². The number of carbonyl (C=O) groups is 2. The van der Waals surface area contributed by atoms with Crippen LogP contribution < -0.4 is 5.73 Å². The van der Waals surface area contributed by atoms with Gasteiger partial charge in [-0.15, -0.1) is 0 Å².